The number of hydrogen-bond donors (Lipinski definition) is 2. The molecule has 3 atom stereocenters. The van der Waals surface area contributed by atoms with Gasteiger partial charge in [-0.15, -0.1) is 0 Å². The van der Waals surface area contributed by atoms with E-state index in [1.807, 2.05) is 4.90 Å². The van der Waals surface area contributed by atoms with E-state index in [9.17, 15) is 9.59 Å². The first-order valence-corrected chi connectivity index (χ1v) is 7.55. The molecule has 0 aromatic carbocycles. The summed E-state index contributed by atoms with van der Waals surface area (Å²) in [4.78, 5) is 26.7. The molecular formula is C14H25N3O3. The van der Waals surface area contributed by atoms with Crippen LogP contribution in [0.2, 0.25) is 0 Å². The Labute approximate surface area is 120 Å². The largest absolute Gasteiger partial charge is 0.480 e. The second-order valence-electron chi connectivity index (χ2n) is 5.88. The van der Waals surface area contributed by atoms with Crippen molar-refractivity contribution in [2.45, 2.75) is 45.2 Å². The van der Waals surface area contributed by atoms with E-state index in [1.165, 1.54) is 12.8 Å². The minimum absolute atomic E-state index is 0.0104. The number of hydrogen-bond acceptors (Lipinski definition) is 3. The number of carboxylic acids is 1. The third-order valence-electron chi connectivity index (χ3n) is 4.40. The average Bonchev–Trinajstić information content (AvgIpc) is 3.16. The molecule has 2 N–H and O–H groups in total. The van der Waals surface area contributed by atoms with Crippen molar-refractivity contribution in [1.29, 1.82) is 0 Å². The smallest absolute Gasteiger partial charge is 0.320 e. The minimum Gasteiger partial charge on any atom is -0.480 e. The van der Waals surface area contributed by atoms with Gasteiger partial charge in [0.05, 0.1) is 0 Å². The first-order valence-electron chi connectivity index (χ1n) is 7.55. The molecule has 1 saturated heterocycles. The number of carboxylic acid groups (broad SMARTS) is 1. The highest BCUT2D eigenvalue weighted by molar-refractivity contribution is 5.75. The molecule has 1 aliphatic heterocycles. The molecule has 0 aromatic rings. The molecule has 1 heterocycles. The highest BCUT2D eigenvalue weighted by Gasteiger charge is 2.38. The van der Waals surface area contributed by atoms with Crippen LogP contribution in [0.15, 0.2) is 0 Å². The van der Waals surface area contributed by atoms with E-state index in [0.717, 1.165) is 6.42 Å². The number of carbonyl (C=O) groups is 2. The van der Waals surface area contributed by atoms with Crippen LogP contribution in [0.3, 0.4) is 0 Å². The van der Waals surface area contributed by atoms with Gasteiger partial charge in [0, 0.05) is 32.2 Å². The Hall–Kier alpha value is -1.30. The van der Waals surface area contributed by atoms with E-state index in [4.69, 9.17) is 5.11 Å². The van der Waals surface area contributed by atoms with Gasteiger partial charge in [-0.05, 0) is 25.7 Å². The molecule has 3 unspecified atom stereocenters. The van der Waals surface area contributed by atoms with Crippen LogP contribution >= 0.6 is 0 Å². The van der Waals surface area contributed by atoms with Gasteiger partial charge < -0.3 is 15.3 Å². The van der Waals surface area contributed by atoms with Crippen molar-refractivity contribution in [3.63, 3.8) is 0 Å². The zero-order valence-corrected chi connectivity index (χ0v) is 12.3. The summed E-state index contributed by atoms with van der Waals surface area (Å²) in [5, 5.41) is 12.1. The second-order valence-corrected chi connectivity index (χ2v) is 5.88. The third-order valence-corrected chi connectivity index (χ3v) is 4.40. The lowest BCUT2D eigenvalue weighted by Crippen LogP contribution is -2.55. The molecule has 6 heteroatoms. The molecule has 1 saturated carbocycles. The van der Waals surface area contributed by atoms with Crippen molar-refractivity contribution in [2.24, 2.45) is 5.92 Å². The fraction of sp³-hybridized carbons (Fsp3) is 0.857. The van der Waals surface area contributed by atoms with Gasteiger partial charge in [-0.25, -0.2) is 4.79 Å². The van der Waals surface area contributed by atoms with Gasteiger partial charge in [-0.1, -0.05) is 13.3 Å². The van der Waals surface area contributed by atoms with Crippen LogP contribution in [-0.2, 0) is 4.79 Å². The summed E-state index contributed by atoms with van der Waals surface area (Å²) in [6.45, 7) is 6.33. The number of urea groups is 1. The highest BCUT2D eigenvalue weighted by Crippen LogP contribution is 2.34. The topological polar surface area (TPSA) is 72.9 Å². The Kier molecular flexibility index (Phi) is 4.86. The molecule has 0 aromatic heterocycles. The van der Waals surface area contributed by atoms with Crippen molar-refractivity contribution < 1.29 is 14.7 Å². The molecule has 2 rings (SSSR count). The van der Waals surface area contributed by atoms with Gasteiger partial charge in [-0.2, -0.15) is 0 Å². The number of piperazine rings is 1. The Morgan fingerprint density at radius 1 is 1.30 bits per heavy atom. The maximum atomic E-state index is 12.1. The van der Waals surface area contributed by atoms with E-state index in [2.05, 4.69) is 12.2 Å². The van der Waals surface area contributed by atoms with Crippen molar-refractivity contribution in [2.75, 3.05) is 26.2 Å². The molecule has 114 valence electrons. The Morgan fingerprint density at radius 2 is 1.95 bits per heavy atom. The SMILES string of the molecule is CCCC1CC1NC(=O)N1CCN(C(C)C(=O)O)CC1. The molecule has 20 heavy (non-hydrogen) atoms. The first kappa shape index (κ1) is 15.1. The fourth-order valence-corrected chi connectivity index (χ4v) is 2.83. The number of nitrogens with zero attached hydrogens (tertiary/aromatic N) is 2. The highest BCUT2D eigenvalue weighted by atomic mass is 16.4. The summed E-state index contributed by atoms with van der Waals surface area (Å²) >= 11 is 0. The lowest BCUT2D eigenvalue weighted by Gasteiger charge is -2.36. The summed E-state index contributed by atoms with van der Waals surface area (Å²) in [5.41, 5.74) is 0. The summed E-state index contributed by atoms with van der Waals surface area (Å²) in [6, 6.07) is -0.104. The van der Waals surface area contributed by atoms with Crippen molar-refractivity contribution in [1.82, 2.24) is 15.1 Å². The van der Waals surface area contributed by atoms with Crippen LogP contribution in [0, 0.1) is 5.92 Å². The van der Waals surface area contributed by atoms with Gasteiger partial charge in [0.15, 0.2) is 0 Å². The molecule has 2 aliphatic rings. The lowest BCUT2D eigenvalue weighted by molar-refractivity contribution is -0.143. The van der Waals surface area contributed by atoms with Gasteiger partial charge in [0.25, 0.3) is 0 Å². The van der Waals surface area contributed by atoms with Crippen molar-refractivity contribution in [3.05, 3.63) is 0 Å². The maximum Gasteiger partial charge on any atom is 0.320 e. The van der Waals surface area contributed by atoms with Gasteiger partial charge in [0.1, 0.15) is 6.04 Å². The number of aliphatic carboxylic acids is 1. The van der Waals surface area contributed by atoms with Gasteiger partial charge >= 0.3 is 12.0 Å². The normalized spacial score (nSPS) is 28.0. The van der Waals surface area contributed by atoms with Crippen molar-refractivity contribution >= 4 is 12.0 Å². The van der Waals surface area contributed by atoms with Crippen LogP contribution in [0.25, 0.3) is 0 Å². The quantitative estimate of drug-likeness (QED) is 0.789. The molecule has 1 aliphatic carbocycles. The summed E-state index contributed by atoms with van der Waals surface area (Å²) in [7, 11) is 0. The zero-order chi connectivity index (χ0) is 14.7. The van der Waals surface area contributed by atoms with E-state index in [1.54, 1.807) is 11.8 Å². The number of rotatable bonds is 5. The predicted octanol–water partition coefficient (Wildman–Crippen LogP) is 0.975. The second kappa shape index (κ2) is 6.43. The van der Waals surface area contributed by atoms with Crippen LogP contribution in [0.4, 0.5) is 4.79 Å². The molecule has 2 fully saturated rings. The van der Waals surface area contributed by atoms with E-state index in [0.29, 0.717) is 38.1 Å². The Bertz CT molecular complexity index is 367. The van der Waals surface area contributed by atoms with Gasteiger partial charge in [0.2, 0.25) is 0 Å². The zero-order valence-electron chi connectivity index (χ0n) is 12.3. The first-order chi connectivity index (χ1) is 9.52. The average molecular weight is 283 g/mol. The van der Waals surface area contributed by atoms with E-state index in [-0.39, 0.29) is 6.03 Å². The third kappa shape index (κ3) is 3.62. The lowest BCUT2D eigenvalue weighted by atomic mass is 10.2. The molecule has 2 amide bonds. The summed E-state index contributed by atoms with van der Waals surface area (Å²) in [5.74, 6) is -0.138. The Balaban J connectivity index is 1.71. The summed E-state index contributed by atoms with van der Waals surface area (Å²) in [6.07, 6.45) is 3.47. The fourth-order valence-electron chi connectivity index (χ4n) is 2.83. The van der Waals surface area contributed by atoms with Crippen LogP contribution < -0.4 is 5.32 Å². The number of nitrogens with one attached hydrogen (secondary N) is 1. The predicted molar refractivity (Wildman–Crippen MR) is 75.6 cm³/mol. The van der Waals surface area contributed by atoms with Crippen LogP contribution in [0.1, 0.15) is 33.1 Å². The standard InChI is InChI=1S/C14H25N3O3/c1-3-4-11-9-12(11)15-14(20)17-7-5-16(6-8-17)10(2)13(18)19/h10-12H,3-9H2,1-2H3,(H,15,20)(H,18,19). The molecule has 0 spiro atoms. The van der Waals surface area contributed by atoms with E-state index < -0.39 is 12.0 Å². The summed E-state index contributed by atoms with van der Waals surface area (Å²) < 4.78 is 0. The molecule has 0 bridgehead atoms. The molecule has 6 nitrogen and oxygen atoms in total. The maximum absolute atomic E-state index is 12.1. The van der Waals surface area contributed by atoms with Crippen LogP contribution in [-0.4, -0.2) is 65.2 Å². The molecule has 0 radical (unpaired) electrons. The van der Waals surface area contributed by atoms with E-state index >= 15 is 0 Å². The van der Waals surface area contributed by atoms with Gasteiger partial charge in [-0.3, -0.25) is 9.69 Å². The van der Waals surface area contributed by atoms with Crippen LogP contribution in [0.5, 0.6) is 0 Å². The number of amides is 2. The Morgan fingerprint density at radius 3 is 2.50 bits per heavy atom. The number of carbonyl (C=O) groups excluding carboxylic acids is 1. The molecular weight excluding hydrogens is 258 g/mol. The minimum atomic E-state index is -0.803. The van der Waals surface area contributed by atoms with Crippen molar-refractivity contribution in [3.8, 4) is 0 Å². The monoisotopic (exact) mass is 283 g/mol.